The Labute approximate surface area is 224 Å². The SMILES string of the molecule is C.COc1ccc(-c2sc(NC(C)(C)C3CCCCC3)nc2C)cc1S(=O)(=O)Nc1c(C)cccc1F. The van der Waals surface area contributed by atoms with Crippen molar-refractivity contribution in [1.82, 2.24) is 4.98 Å². The summed E-state index contributed by atoms with van der Waals surface area (Å²) in [5.41, 5.74) is 1.85. The summed E-state index contributed by atoms with van der Waals surface area (Å²) in [6, 6.07) is 9.42. The lowest BCUT2D eigenvalue weighted by Crippen LogP contribution is -2.40. The summed E-state index contributed by atoms with van der Waals surface area (Å²) in [5.74, 6) is 0.132. The van der Waals surface area contributed by atoms with Crippen molar-refractivity contribution in [2.75, 3.05) is 17.1 Å². The molecule has 0 unspecified atom stereocenters. The van der Waals surface area contributed by atoms with Crippen LogP contribution < -0.4 is 14.8 Å². The molecule has 1 aromatic heterocycles. The van der Waals surface area contributed by atoms with E-state index in [4.69, 9.17) is 9.72 Å². The molecule has 0 amide bonds. The third-order valence-electron chi connectivity index (χ3n) is 7.03. The normalized spacial score (nSPS) is 14.6. The molecule has 6 nitrogen and oxygen atoms in total. The van der Waals surface area contributed by atoms with Gasteiger partial charge in [-0.05, 0) is 81.8 Å². The second-order valence-electron chi connectivity index (χ2n) is 10.0. The smallest absolute Gasteiger partial charge is 0.265 e. The van der Waals surface area contributed by atoms with Crippen LogP contribution in [0.25, 0.3) is 10.4 Å². The fraction of sp³-hybridized carbons (Fsp3) is 0.464. The fourth-order valence-electron chi connectivity index (χ4n) is 4.90. The molecule has 37 heavy (non-hydrogen) atoms. The first-order valence-corrected chi connectivity index (χ1v) is 14.5. The van der Waals surface area contributed by atoms with E-state index in [1.54, 1.807) is 25.1 Å². The van der Waals surface area contributed by atoms with Crippen LogP contribution in [-0.4, -0.2) is 26.1 Å². The van der Waals surface area contributed by atoms with Crippen molar-refractivity contribution in [3.8, 4) is 16.2 Å². The first kappa shape index (κ1) is 28.9. The molecule has 1 heterocycles. The number of hydrogen-bond donors (Lipinski definition) is 2. The van der Waals surface area contributed by atoms with Crippen LogP contribution in [0.5, 0.6) is 5.75 Å². The molecule has 1 saturated carbocycles. The Morgan fingerprint density at radius 3 is 2.46 bits per heavy atom. The lowest BCUT2D eigenvalue weighted by atomic mass is 9.77. The van der Waals surface area contributed by atoms with Gasteiger partial charge < -0.3 is 10.1 Å². The number of aryl methyl sites for hydroxylation is 2. The number of rotatable bonds is 8. The topological polar surface area (TPSA) is 80.3 Å². The fourth-order valence-corrected chi connectivity index (χ4v) is 7.36. The zero-order valence-corrected chi connectivity index (χ0v) is 23.1. The lowest BCUT2D eigenvalue weighted by Gasteiger charge is -2.37. The molecule has 0 bridgehead atoms. The summed E-state index contributed by atoms with van der Waals surface area (Å²) in [4.78, 5) is 5.57. The average Bonchev–Trinajstić information content (AvgIpc) is 3.20. The highest BCUT2D eigenvalue weighted by Crippen LogP contribution is 2.40. The van der Waals surface area contributed by atoms with Gasteiger partial charge in [-0.2, -0.15) is 0 Å². The first-order valence-electron chi connectivity index (χ1n) is 12.2. The number of para-hydroxylation sites is 1. The van der Waals surface area contributed by atoms with Crippen molar-refractivity contribution >= 4 is 32.2 Å². The van der Waals surface area contributed by atoms with E-state index < -0.39 is 15.8 Å². The number of thiazole rings is 1. The monoisotopic (exact) mass is 547 g/mol. The van der Waals surface area contributed by atoms with Gasteiger partial charge >= 0.3 is 0 Å². The molecule has 0 atom stereocenters. The maximum atomic E-state index is 14.4. The molecule has 9 heteroatoms. The molecular formula is C28H38FN3O3S2. The van der Waals surface area contributed by atoms with Gasteiger partial charge in [-0.25, -0.2) is 17.8 Å². The summed E-state index contributed by atoms with van der Waals surface area (Å²) in [6.45, 7) is 8.03. The Morgan fingerprint density at radius 1 is 1.11 bits per heavy atom. The van der Waals surface area contributed by atoms with Gasteiger partial charge in [0.1, 0.15) is 16.5 Å². The van der Waals surface area contributed by atoms with Crippen LogP contribution in [0.1, 0.15) is 64.6 Å². The van der Waals surface area contributed by atoms with Gasteiger partial charge in [-0.1, -0.05) is 50.2 Å². The largest absolute Gasteiger partial charge is 0.495 e. The quantitative estimate of drug-likeness (QED) is 0.301. The van der Waals surface area contributed by atoms with Gasteiger partial charge in [-0.3, -0.25) is 4.72 Å². The van der Waals surface area contributed by atoms with Crippen molar-refractivity contribution in [3.05, 3.63) is 53.5 Å². The molecule has 1 aliphatic carbocycles. The zero-order valence-electron chi connectivity index (χ0n) is 21.4. The molecule has 0 radical (unpaired) electrons. The van der Waals surface area contributed by atoms with Crippen molar-refractivity contribution in [1.29, 1.82) is 0 Å². The van der Waals surface area contributed by atoms with Crippen LogP contribution in [0.15, 0.2) is 41.3 Å². The number of methoxy groups -OCH3 is 1. The van der Waals surface area contributed by atoms with E-state index in [-0.39, 0.29) is 29.3 Å². The van der Waals surface area contributed by atoms with Crippen molar-refractivity contribution in [2.45, 2.75) is 77.7 Å². The van der Waals surface area contributed by atoms with Gasteiger partial charge in [-0.15, -0.1) is 0 Å². The summed E-state index contributed by atoms with van der Waals surface area (Å²) >= 11 is 1.51. The van der Waals surface area contributed by atoms with Crippen LogP contribution in [0.4, 0.5) is 15.2 Å². The standard InChI is InChI=1S/C27H34FN3O3S2.CH4/c1-17-10-9-13-21(28)24(17)31-36(32,33)23-16-19(14-15-22(23)34-5)25-18(2)29-26(35-25)30-27(3,4)20-11-7-6-8-12-20;/h9-10,13-16,20,31H,6-8,11-12H2,1-5H3,(H,29,30);1H4. The van der Waals surface area contributed by atoms with E-state index in [9.17, 15) is 12.8 Å². The Bertz CT molecular complexity index is 1330. The number of hydrogen-bond acceptors (Lipinski definition) is 6. The number of nitrogens with one attached hydrogen (secondary N) is 2. The Morgan fingerprint density at radius 2 is 1.81 bits per heavy atom. The number of nitrogens with zero attached hydrogens (tertiary/aromatic N) is 1. The van der Waals surface area contributed by atoms with Gasteiger partial charge in [0.2, 0.25) is 0 Å². The maximum absolute atomic E-state index is 14.4. The van der Waals surface area contributed by atoms with Crippen LogP contribution >= 0.6 is 11.3 Å². The summed E-state index contributed by atoms with van der Waals surface area (Å²) in [6.07, 6.45) is 6.26. The minimum Gasteiger partial charge on any atom is -0.495 e. The van der Waals surface area contributed by atoms with E-state index in [2.05, 4.69) is 23.9 Å². The summed E-state index contributed by atoms with van der Waals surface area (Å²) < 4.78 is 48.8. The van der Waals surface area contributed by atoms with Crippen LogP contribution in [0.3, 0.4) is 0 Å². The van der Waals surface area contributed by atoms with Gasteiger partial charge in [0, 0.05) is 5.54 Å². The van der Waals surface area contributed by atoms with E-state index in [1.165, 1.54) is 62.7 Å². The number of aromatic nitrogens is 1. The predicted molar refractivity (Wildman–Crippen MR) is 152 cm³/mol. The molecule has 202 valence electrons. The molecule has 3 aromatic rings. The number of ether oxygens (including phenoxy) is 1. The second kappa shape index (κ2) is 11.4. The van der Waals surface area contributed by atoms with Gasteiger partial charge in [0.25, 0.3) is 10.0 Å². The first-order chi connectivity index (χ1) is 17.0. The lowest BCUT2D eigenvalue weighted by molar-refractivity contribution is 0.258. The molecule has 2 aromatic carbocycles. The molecular weight excluding hydrogens is 509 g/mol. The number of anilines is 2. The minimum atomic E-state index is -4.13. The third kappa shape index (κ3) is 6.26. The molecule has 0 spiro atoms. The highest BCUT2D eigenvalue weighted by Gasteiger charge is 2.31. The molecule has 4 rings (SSSR count). The summed E-state index contributed by atoms with van der Waals surface area (Å²) in [7, 11) is -2.71. The predicted octanol–water partition coefficient (Wildman–Crippen LogP) is 7.78. The third-order valence-corrected chi connectivity index (χ3v) is 9.52. The van der Waals surface area contributed by atoms with Gasteiger partial charge in [0.15, 0.2) is 5.13 Å². The number of halogens is 1. The van der Waals surface area contributed by atoms with Crippen molar-refractivity contribution in [3.63, 3.8) is 0 Å². The van der Waals surface area contributed by atoms with Crippen LogP contribution in [-0.2, 0) is 10.0 Å². The van der Waals surface area contributed by atoms with Crippen molar-refractivity contribution < 1.29 is 17.5 Å². The average molecular weight is 548 g/mol. The minimum absolute atomic E-state index is 0. The van der Waals surface area contributed by atoms with Crippen molar-refractivity contribution in [2.24, 2.45) is 5.92 Å². The highest BCUT2D eigenvalue weighted by atomic mass is 32.2. The van der Waals surface area contributed by atoms with E-state index >= 15 is 0 Å². The second-order valence-corrected chi connectivity index (χ2v) is 12.7. The van der Waals surface area contributed by atoms with Crippen LogP contribution in [0, 0.1) is 25.6 Å². The molecule has 1 fully saturated rings. The van der Waals surface area contributed by atoms with E-state index in [1.807, 2.05) is 13.0 Å². The number of sulfonamides is 1. The Kier molecular flexibility index (Phi) is 8.90. The maximum Gasteiger partial charge on any atom is 0.265 e. The zero-order chi connectivity index (χ0) is 26.1. The van der Waals surface area contributed by atoms with Crippen LogP contribution in [0.2, 0.25) is 0 Å². The number of benzene rings is 2. The molecule has 0 saturated heterocycles. The van der Waals surface area contributed by atoms with E-state index in [0.717, 1.165) is 15.7 Å². The summed E-state index contributed by atoms with van der Waals surface area (Å²) in [5, 5.41) is 4.46. The Hall–Kier alpha value is -2.65. The molecule has 2 N–H and O–H groups in total. The molecule has 0 aliphatic heterocycles. The van der Waals surface area contributed by atoms with E-state index in [0.29, 0.717) is 17.0 Å². The highest BCUT2D eigenvalue weighted by molar-refractivity contribution is 7.92. The Balaban J connectivity index is 0.00000380. The molecule has 1 aliphatic rings. The van der Waals surface area contributed by atoms with Gasteiger partial charge in [0.05, 0.1) is 23.4 Å².